The largest absolute Gasteiger partial charge is 0.629 e. The summed E-state index contributed by atoms with van der Waals surface area (Å²) in [6, 6.07) is 1.13. The molecule has 0 spiro atoms. The Morgan fingerprint density at radius 1 is 1.26 bits per heavy atom. The molecule has 0 aliphatic carbocycles. The van der Waals surface area contributed by atoms with Gasteiger partial charge in [-0.15, -0.1) is 0 Å². The Kier molecular flexibility index (Phi) is 13.4. The number of quaternary nitrogens is 1. The number of primary amides is 1. The maximum atomic E-state index is 13.0. The molecule has 7 N–H and O–H groups in total. The van der Waals surface area contributed by atoms with E-state index >= 15 is 0 Å². The van der Waals surface area contributed by atoms with Gasteiger partial charge in [-0.3, -0.25) is 4.79 Å². The number of rotatable bonds is 6. The van der Waals surface area contributed by atoms with Gasteiger partial charge in [0.25, 0.3) is 5.91 Å². The van der Waals surface area contributed by atoms with E-state index in [0.717, 1.165) is 6.07 Å². The van der Waals surface area contributed by atoms with Crippen molar-refractivity contribution in [2.75, 3.05) is 26.1 Å². The molecular weight excluding hydrogens is 558 g/mol. The van der Waals surface area contributed by atoms with Crippen LogP contribution in [-0.4, -0.2) is 72.5 Å². The minimum Gasteiger partial charge on any atom is -0.629 e. The molecule has 0 fully saturated rings. The Morgan fingerprint density at radius 3 is 2.51 bits per heavy atom. The van der Waals surface area contributed by atoms with Crippen molar-refractivity contribution in [1.82, 2.24) is 0 Å². The number of phenols is 2. The Bertz CT molecular complexity index is 1240. The van der Waals surface area contributed by atoms with E-state index in [9.17, 15) is 30.1 Å². The molecule has 0 aromatic heterocycles. The number of hydrogen-bond donors (Lipinski definition) is 6. The molecule has 12 heteroatoms. The minimum atomic E-state index is -1.01. The Hall–Kier alpha value is -3.68. The van der Waals surface area contributed by atoms with Gasteiger partial charge in [-0.25, -0.2) is 4.79 Å². The molecule has 2 rings (SSSR count). The zero-order valence-electron chi connectivity index (χ0n) is 25.6. The van der Waals surface area contributed by atoms with Crippen LogP contribution in [-0.2, 0) is 25.4 Å². The van der Waals surface area contributed by atoms with Crippen LogP contribution >= 0.6 is 0 Å². The number of amides is 2. The summed E-state index contributed by atoms with van der Waals surface area (Å²) in [6.07, 6.45) is 3.83. The van der Waals surface area contributed by atoms with Crippen molar-refractivity contribution in [3.63, 3.8) is 0 Å². The second-order valence-corrected chi connectivity index (χ2v) is 10.9. The van der Waals surface area contributed by atoms with Gasteiger partial charge in [0, 0.05) is 31.8 Å². The summed E-state index contributed by atoms with van der Waals surface area (Å²) >= 11 is 0. The molecule has 43 heavy (non-hydrogen) atoms. The monoisotopic (exact) mass is 603 g/mol. The third kappa shape index (κ3) is 9.40. The summed E-state index contributed by atoms with van der Waals surface area (Å²) in [7, 11) is 2.90. The zero-order valence-corrected chi connectivity index (χ0v) is 25.6. The van der Waals surface area contributed by atoms with Crippen molar-refractivity contribution < 1.29 is 44.2 Å². The van der Waals surface area contributed by atoms with Crippen molar-refractivity contribution >= 4 is 23.4 Å². The van der Waals surface area contributed by atoms with E-state index in [4.69, 9.17) is 19.9 Å². The summed E-state index contributed by atoms with van der Waals surface area (Å²) in [5, 5.41) is 48.4. The number of ether oxygens (including phenoxy) is 3. The molecule has 7 atom stereocenters. The highest BCUT2D eigenvalue weighted by atomic mass is 16.6. The van der Waals surface area contributed by atoms with Crippen LogP contribution < -0.4 is 16.1 Å². The fourth-order valence-electron chi connectivity index (χ4n) is 5.15. The zero-order chi connectivity index (χ0) is 32.4. The first-order valence-corrected chi connectivity index (χ1v) is 14.0. The van der Waals surface area contributed by atoms with Crippen molar-refractivity contribution in [3.8, 4) is 11.5 Å². The van der Waals surface area contributed by atoms with Crippen LogP contribution in [0.2, 0.25) is 0 Å². The molecule has 1 heterocycles. The second-order valence-electron chi connectivity index (χ2n) is 10.9. The molecule has 1 aliphatic rings. The Morgan fingerprint density at radius 2 is 1.93 bits per heavy atom. The van der Waals surface area contributed by atoms with Gasteiger partial charge < -0.3 is 50.9 Å². The Balaban J connectivity index is 2.71. The lowest BCUT2D eigenvalue weighted by atomic mass is 9.87. The second kappa shape index (κ2) is 16.2. The van der Waals surface area contributed by atoms with E-state index in [2.05, 4.69) is 11.9 Å². The van der Waals surface area contributed by atoms with E-state index in [1.807, 2.05) is 6.92 Å². The highest BCUT2D eigenvalue weighted by Crippen LogP contribution is 2.41. The molecule has 2 bridgehead atoms. The van der Waals surface area contributed by atoms with Gasteiger partial charge >= 0.3 is 6.09 Å². The third-order valence-electron chi connectivity index (χ3n) is 7.44. The maximum Gasteiger partial charge on any atom is 0.405 e. The number of nitrogens with one attached hydrogen (secondary N) is 2. The highest BCUT2D eigenvalue weighted by Gasteiger charge is 2.31. The van der Waals surface area contributed by atoms with Gasteiger partial charge in [0.1, 0.15) is 11.9 Å². The van der Waals surface area contributed by atoms with Crippen LogP contribution in [0.3, 0.4) is 0 Å². The normalized spacial score (nSPS) is 29.7. The first-order chi connectivity index (χ1) is 20.2. The first-order valence-electron chi connectivity index (χ1n) is 14.0. The van der Waals surface area contributed by atoms with E-state index in [1.165, 1.54) is 26.4 Å². The fraction of sp³-hybridized carbons (Fsp3) is 0.484. The number of aliphatic hydroxyl groups is 1. The van der Waals surface area contributed by atoms with Crippen LogP contribution in [0.5, 0.6) is 11.5 Å². The van der Waals surface area contributed by atoms with Crippen molar-refractivity contribution in [3.05, 3.63) is 64.9 Å². The number of anilines is 1. The number of nitrogens with two attached hydrogens (primary N) is 1. The number of carbonyl (C=O) groups excluding carboxylic acids is 2. The summed E-state index contributed by atoms with van der Waals surface area (Å²) in [5.41, 5.74) is 6.18. The lowest BCUT2D eigenvalue weighted by molar-refractivity contribution is -0.769. The molecule has 1 aromatic carbocycles. The lowest BCUT2D eigenvalue weighted by Crippen LogP contribution is -3.02. The number of hydrogen-bond acceptors (Lipinski definition) is 9. The average Bonchev–Trinajstić information content (AvgIpc) is 2.94. The fourth-order valence-corrected chi connectivity index (χ4v) is 5.15. The van der Waals surface area contributed by atoms with Gasteiger partial charge in [-0.2, -0.15) is 0 Å². The molecular formula is C31H45N3O9. The molecule has 1 aromatic rings. The van der Waals surface area contributed by atoms with Crippen LogP contribution in [0.15, 0.2) is 54.2 Å². The number of benzene rings is 1. The topological polar surface area (TPSA) is 188 Å². The van der Waals surface area contributed by atoms with Crippen LogP contribution in [0.25, 0.3) is 0 Å². The highest BCUT2D eigenvalue weighted by molar-refractivity contribution is 6.04. The number of aliphatic hydroxyl groups excluding tert-OH is 1. The van der Waals surface area contributed by atoms with Gasteiger partial charge in [0.05, 0.1) is 30.0 Å². The third-order valence-corrected chi connectivity index (χ3v) is 7.44. The SMILES string of the molecule is C=CC[NH+]([O-])c1c(O)cc2c(O)c1C[C@@H](C)C[C@H](OC)C(O)[C@@H](C)/C=C(\C)C(OC(N)=O)C(OC)/C=C\C=C(/C)C(=O)N2. The van der Waals surface area contributed by atoms with Gasteiger partial charge in [-0.1, -0.05) is 44.7 Å². The van der Waals surface area contributed by atoms with E-state index in [0.29, 0.717) is 12.0 Å². The number of aromatic hydroxyl groups is 2. The molecule has 4 unspecified atom stereocenters. The number of hydroxylamine groups is 1. The standard InChI is InChI=1S/C31H45N3O9/c1-8-12-34(40)26-21-13-17(2)14-25(42-7)27(36)19(4)15-20(5)29(43-31(32)39)24(41-6)11-9-10-18(3)30(38)33-22(28(21)37)16-23(26)35/h8-11,15-17,19,24-25,27,29,34-37H,1,12-14H2,2-7H3,(H2,32,39)(H,33,38)/b11-9-,18-10+,20-15+/t17-,19+,24?,25+,27?,29?/m1/s1. The van der Waals surface area contributed by atoms with Crippen molar-refractivity contribution in [1.29, 1.82) is 0 Å². The molecule has 0 radical (unpaired) electrons. The summed E-state index contributed by atoms with van der Waals surface area (Å²) in [6.45, 7) is 10.4. The number of fused-ring (bicyclic) bond motifs is 2. The summed E-state index contributed by atoms with van der Waals surface area (Å²) in [4.78, 5) is 24.8. The number of methoxy groups -OCH3 is 2. The Labute approximate surface area is 252 Å². The van der Waals surface area contributed by atoms with Crippen molar-refractivity contribution in [2.24, 2.45) is 17.6 Å². The molecule has 0 saturated heterocycles. The van der Waals surface area contributed by atoms with E-state index in [-0.39, 0.29) is 47.1 Å². The van der Waals surface area contributed by atoms with Crippen LogP contribution in [0.1, 0.15) is 39.7 Å². The van der Waals surface area contributed by atoms with Gasteiger partial charge in [0.2, 0.25) is 0 Å². The summed E-state index contributed by atoms with van der Waals surface area (Å²) < 4.78 is 16.6. The molecule has 238 valence electrons. The number of allylic oxidation sites excluding steroid dienone is 2. The predicted molar refractivity (Wildman–Crippen MR) is 163 cm³/mol. The van der Waals surface area contributed by atoms with Gasteiger partial charge in [0.15, 0.2) is 17.5 Å². The number of carbonyl (C=O) groups is 2. The number of phenolic OH excluding ortho intramolecular Hbond substituents is 2. The van der Waals surface area contributed by atoms with Gasteiger partial charge in [-0.05, 0) is 44.3 Å². The van der Waals surface area contributed by atoms with E-state index in [1.54, 1.807) is 39.0 Å². The van der Waals surface area contributed by atoms with Crippen molar-refractivity contribution in [2.45, 2.75) is 65.0 Å². The minimum absolute atomic E-state index is 0.0594. The van der Waals surface area contributed by atoms with E-state index < -0.39 is 53.1 Å². The smallest absolute Gasteiger partial charge is 0.405 e. The molecule has 2 amide bonds. The predicted octanol–water partition coefficient (Wildman–Crippen LogP) is 2.76. The quantitative estimate of drug-likeness (QED) is 0.123. The van der Waals surface area contributed by atoms with Crippen LogP contribution in [0, 0.1) is 17.0 Å². The molecule has 12 nitrogen and oxygen atoms in total. The maximum absolute atomic E-state index is 13.0. The average molecular weight is 604 g/mol. The van der Waals surface area contributed by atoms with Crippen LogP contribution in [0.4, 0.5) is 16.2 Å². The summed E-state index contributed by atoms with van der Waals surface area (Å²) in [5.74, 6) is -2.04. The molecule has 1 aliphatic heterocycles. The molecule has 0 saturated carbocycles. The first kappa shape index (κ1) is 35.5. The lowest BCUT2D eigenvalue weighted by Gasteiger charge is -2.30.